The van der Waals surface area contributed by atoms with E-state index in [0.717, 1.165) is 10.0 Å². The smallest absolute Gasteiger partial charge is 0.256 e. The SMILES string of the molecule is CCOc1cc([C@@H]2[C@H](C)N[C@]3(C(=O)Nc4ccccc43)[C@@H]2[N+](=O)[O-])ccc1OCc1ccc(Br)cc1. The molecule has 1 fully saturated rings. The number of hydrogen-bond donors (Lipinski definition) is 2. The van der Waals surface area contributed by atoms with E-state index in [1.54, 1.807) is 36.4 Å². The highest BCUT2D eigenvalue weighted by molar-refractivity contribution is 9.10. The minimum atomic E-state index is -1.45. The summed E-state index contributed by atoms with van der Waals surface area (Å²) in [6, 6.07) is 18.8. The van der Waals surface area contributed by atoms with E-state index in [1.807, 2.05) is 44.2 Å². The van der Waals surface area contributed by atoms with E-state index in [1.165, 1.54) is 0 Å². The number of carbonyl (C=O) groups is 1. The molecule has 0 saturated carbocycles. The van der Waals surface area contributed by atoms with Crippen LogP contribution >= 0.6 is 15.9 Å². The van der Waals surface area contributed by atoms with Crippen molar-refractivity contribution in [3.05, 3.63) is 98.0 Å². The Balaban J connectivity index is 1.50. The van der Waals surface area contributed by atoms with Crippen molar-refractivity contribution in [3.63, 3.8) is 0 Å². The molecule has 5 rings (SSSR count). The number of para-hydroxylation sites is 1. The summed E-state index contributed by atoms with van der Waals surface area (Å²) in [5, 5.41) is 18.7. The lowest BCUT2D eigenvalue weighted by molar-refractivity contribution is -0.532. The third kappa shape index (κ3) is 4.02. The standard InChI is InChI=1S/C27H26BrN3O5/c1-3-35-23-14-18(10-13-22(23)36-15-17-8-11-19(28)12-9-17)24-16(2)30-27(25(24)31(33)34)20-6-4-5-7-21(20)29-26(27)32/h4-14,16,24-25,30H,3,15H2,1-2H3,(H,29,32)/t16-,24-,25+,27-/m0/s1. The Morgan fingerprint density at radius 2 is 1.81 bits per heavy atom. The third-order valence-electron chi connectivity index (χ3n) is 6.92. The van der Waals surface area contributed by atoms with Crippen molar-refractivity contribution in [1.82, 2.24) is 5.32 Å². The summed E-state index contributed by atoms with van der Waals surface area (Å²) in [6.07, 6.45) is 0. The minimum Gasteiger partial charge on any atom is -0.490 e. The van der Waals surface area contributed by atoms with Gasteiger partial charge >= 0.3 is 0 Å². The predicted octanol–water partition coefficient (Wildman–Crippen LogP) is 5.00. The molecule has 2 aliphatic heterocycles. The molecule has 8 nitrogen and oxygen atoms in total. The molecule has 0 aromatic heterocycles. The summed E-state index contributed by atoms with van der Waals surface area (Å²) >= 11 is 3.43. The number of nitrogens with zero attached hydrogens (tertiary/aromatic N) is 1. The molecule has 2 N–H and O–H groups in total. The Hall–Kier alpha value is -3.43. The van der Waals surface area contributed by atoms with Crippen molar-refractivity contribution in [3.8, 4) is 11.5 Å². The molecular weight excluding hydrogens is 526 g/mol. The van der Waals surface area contributed by atoms with E-state index >= 15 is 0 Å². The maximum Gasteiger partial charge on any atom is 0.256 e. The van der Waals surface area contributed by atoms with Gasteiger partial charge < -0.3 is 14.8 Å². The number of benzene rings is 3. The molecule has 3 aromatic carbocycles. The van der Waals surface area contributed by atoms with Crippen LogP contribution in [0.1, 0.15) is 36.5 Å². The zero-order valence-corrected chi connectivity index (χ0v) is 21.4. The number of rotatable bonds is 7. The van der Waals surface area contributed by atoms with Gasteiger partial charge in [0.05, 0.1) is 12.5 Å². The molecule has 0 bridgehead atoms. The molecule has 1 saturated heterocycles. The number of amides is 1. The van der Waals surface area contributed by atoms with Crippen LogP contribution < -0.4 is 20.1 Å². The molecule has 0 unspecified atom stereocenters. The Kier molecular flexibility index (Phi) is 6.44. The van der Waals surface area contributed by atoms with Crippen LogP contribution in [0, 0.1) is 10.1 Å². The lowest BCUT2D eigenvalue weighted by Crippen LogP contribution is -2.54. The predicted molar refractivity (Wildman–Crippen MR) is 139 cm³/mol. The van der Waals surface area contributed by atoms with Crippen LogP contribution in [0.15, 0.2) is 71.2 Å². The molecule has 0 radical (unpaired) electrons. The summed E-state index contributed by atoms with van der Waals surface area (Å²) in [7, 11) is 0. The number of ether oxygens (including phenoxy) is 2. The number of fused-ring (bicyclic) bond motifs is 2. The Labute approximate surface area is 217 Å². The van der Waals surface area contributed by atoms with Crippen LogP contribution in [-0.4, -0.2) is 29.5 Å². The third-order valence-corrected chi connectivity index (χ3v) is 7.45. The van der Waals surface area contributed by atoms with Crippen molar-refractivity contribution in [2.45, 2.75) is 44.0 Å². The van der Waals surface area contributed by atoms with Crippen LogP contribution in [0.25, 0.3) is 0 Å². The van der Waals surface area contributed by atoms with Gasteiger partial charge in [-0.2, -0.15) is 0 Å². The second-order valence-electron chi connectivity index (χ2n) is 9.05. The average molecular weight is 552 g/mol. The average Bonchev–Trinajstić information content (AvgIpc) is 3.33. The van der Waals surface area contributed by atoms with Crippen LogP contribution in [-0.2, 0) is 16.9 Å². The maximum atomic E-state index is 13.2. The van der Waals surface area contributed by atoms with Gasteiger partial charge in [-0.05, 0) is 55.3 Å². The minimum absolute atomic E-state index is 0.332. The van der Waals surface area contributed by atoms with Gasteiger partial charge in [0.2, 0.25) is 0 Å². The molecule has 2 heterocycles. The summed E-state index contributed by atoms with van der Waals surface area (Å²) in [6.45, 7) is 4.52. The number of anilines is 1. The van der Waals surface area contributed by atoms with Crippen LogP contribution in [0.4, 0.5) is 5.69 Å². The van der Waals surface area contributed by atoms with Crippen molar-refractivity contribution < 1.29 is 19.2 Å². The monoisotopic (exact) mass is 551 g/mol. The summed E-state index contributed by atoms with van der Waals surface area (Å²) < 4.78 is 12.9. The fraction of sp³-hybridized carbons (Fsp3) is 0.296. The Morgan fingerprint density at radius 3 is 2.53 bits per heavy atom. The second kappa shape index (κ2) is 9.55. The quantitative estimate of drug-likeness (QED) is 0.316. The molecule has 2 aliphatic rings. The van der Waals surface area contributed by atoms with Crippen LogP contribution in [0.5, 0.6) is 11.5 Å². The van der Waals surface area contributed by atoms with E-state index in [0.29, 0.717) is 41.5 Å². The Morgan fingerprint density at radius 1 is 1.06 bits per heavy atom. The first-order valence-electron chi connectivity index (χ1n) is 11.8. The van der Waals surface area contributed by atoms with Gasteiger partial charge in [0.25, 0.3) is 11.9 Å². The first kappa shape index (κ1) is 24.3. The van der Waals surface area contributed by atoms with Crippen LogP contribution in [0.3, 0.4) is 0 Å². The fourth-order valence-electron chi connectivity index (χ4n) is 5.41. The number of nitro groups is 1. The number of carbonyl (C=O) groups excluding carboxylic acids is 1. The van der Waals surface area contributed by atoms with Gasteiger partial charge in [-0.25, -0.2) is 0 Å². The normalized spacial score (nSPS) is 24.4. The molecule has 9 heteroatoms. The number of hydrogen-bond acceptors (Lipinski definition) is 6. The number of halogens is 1. The van der Waals surface area contributed by atoms with Gasteiger partial charge in [0, 0.05) is 26.7 Å². The van der Waals surface area contributed by atoms with Crippen molar-refractivity contribution in [1.29, 1.82) is 0 Å². The molecule has 1 amide bonds. The van der Waals surface area contributed by atoms with Gasteiger partial charge in [0.1, 0.15) is 6.61 Å². The van der Waals surface area contributed by atoms with E-state index in [2.05, 4.69) is 26.6 Å². The van der Waals surface area contributed by atoms with E-state index < -0.39 is 23.4 Å². The molecule has 1 spiro atoms. The van der Waals surface area contributed by atoms with Crippen molar-refractivity contribution >= 4 is 27.5 Å². The zero-order chi connectivity index (χ0) is 25.4. The first-order chi connectivity index (χ1) is 17.3. The van der Waals surface area contributed by atoms with Gasteiger partial charge in [-0.1, -0.05) is 52.3 Å². The zero-order valence-electron chi connectivity index (χ0n) is 19.9. The molecule has 186 valence electrons. The molecular formula is C27H26BrN3O5. The molecule has 4 atom stereocenters. The van der Waals surface area contributed by atoms with Gasteiger partial charge in [-0.3, -0.25) is 20.2 Å². The highest BCUT2D eigenvalue weighted by Crippen LogP contribution is 2.50. The highest BCUT2D eigenvalue weighted by Gasteiger charge is 2.67. The van der Waals surface area contributed by atoms with Crippen molar-refractivity contribution in [2.75, 3.05) is 11.9 Å². The largest absolute Gasteiger partial charge is 0.490 e. The second-order valence-corrected chi connectivity index (χ2v) is 9.97. The lowest BCUT2D eigenvalue weighted by Gasteiger charge is -2.25. The number of nitrogens with one attached hydrogen (secondary N) is 2. The molecule has 0 aliphatic carbocycles. The lowest BCUT2D eigenvalue weighted by atomic mass is 9.78. The van der Waals surface area contributed by atoms with E-state index in [4.69, 9.17) is 9.47 Å². The first-order valence-corrected chi connectivity index (χ1v) is 12.6. The summed E-state index contributed by atoms with van der Waals surface area (Å²) in [5.41, 5.74) is 1.46. The van der Waals surface area contributed by atoms with Crippen LogP contribution in [0.2, 0.25) is 0 Å². The van der Waals surface area contributed by atoms with Crippen molar-refractivity contribution in [2.24, 2.45) is 0 Å². The molecule has 3 aromatic rings. The Bertz CT molecular complexity index is 1320. The topological polar surface area (TPSA) is 103 Å². The van der Waals surface area contributed by atoms with E-state index in [9.17, 15) is 14.9 Å². The summed E-state index contributed by atoms with van der Waals surface area (Å²) in [5.74, 6) is 0.0907. The van der Waals surface area contributed by atoms with E-state index in [-0.39, 0.29) is 11.0 Å². The summed E-state index contributed by atoms with van der Waals surface area (Å²) in [4.78, 5) is 25.4. The highest BCUT2D eigenvalue weighted by atomic mass is 79.9. The van der Waals surface area contributed by atoms with Gasteiger partial charge in [0.15, 0.2) is 17.0 Å². The maximum absolute atomic E-state index is 13.2. The fourth-order valence-corrected chi connectivity index (χ4v) is 5.68. The van der Waals surface area contributed by atoms with Gasteiger partial charge in [-0.15, -0.1) is 0 Å². The molecule has 36 heavy (non-hydrogen) atoms.